The summed E-state index contributed by atoms with van der Waals surface area (Å²) in [6.07, 6.45) is -3.57. The van der Waals surface area contributed by atoms with Crippen LogP contribution in [0, 0.1) is 11.8 Å². The van der Waals surface area contributed by atoms with Crippen molar-refractivity contribution in [1.82, 2.24) is 9.62 Å². The second kappa shape index (κ2) is 14.1. The lowest BCUT2D eigenvalue weighted by atomic mass is 9.93. The van der Waals surface area contributed by atoms with E-state index in [1.807, 2.05) is 44.2 Å². The third kappa shape index (κ3) is 8.04. The molecular weight excluding hydrogens is 552 g/mol. The average molecular weight is 593 g/mol. The summed E-state index contributed by atoms with van der Waals surface area (Å²) in [5.41, 5.74) is 1.41. The van der Waals surface area contributed by atoms with Gasteiger partial charge in [-0.2, -0.15) is 4.31 Å². The van der Waals surface area contributed by atoms with Crippen LogP contribution in [-0.4, -0.2) is 91.1 Å². The van der Waals surface area contributed by atoms with Crippen LogP contribution in [0.15, 0.2) is 59.5 Å². The molecule has 0 aliphatic carbocycles. The molecule has 1 amide bonds. The van der Waals surface area contributed by atoms with Gasteiger partial charge in [0, 0.05) is 19.5 Å². The molecule has 41 heavy (non-hydrogen) atoms. The number of sulfonamides is 1. The lowest BCUT2D eigenvalue weighted by Crippen LogP contribution is -2.52. The van der Waals surface area contributed by atoms with Crippen molar-refractivity contribution in [3.05, 3.63) is 65.7 Å². The Morgan fingerprint density at radius 1 is 1.07 bits per heavy atom. The van der Waals surface area contributed by atoms with E-state index in [0.717, 1.165) is 5.56 Å². The fourth-order valence-corrected chi connectivity index (χ4v) is 6.84. The second-order valence-electron chi connectivity index (χ2n) is 11.0. The summed E-state index contributed by atoms with van der Waals surface area (Å²) in [6.45, 7) is 3.82. The molecule has 2 aliphatic heterocycles. The number of hydrogen-bond acceptors (Lipinski definition) is 9. The number of fused-ring (bicyclic) bond motifs is 1. The highest BCUT2D eigenvalue weighted by Gasteiger charge is 2.47. The number of amides is 1. The fraction of sp³-hybridized carbons (Fsp3) is 0.552. The van der Waals surface area contributed by atoms with E-state index in [9.17, 15) is 28.5 Å². The van der Waals surface area contributed by atoms with Gasteiger partial charge in [-0.25, -0.2) is 13.2 Å². The number of carbonyl (C=O) groups is 1. The largest absolute Gasteiger partial charge is 0.446 e. The molecule has 12 heteroatoms. The average Bonchev–Trinajstić information content (AvgIpc) is 3.34. The summed E-state index contributed by atoms with van der Waals surface area (Å²) in [5, 5.41) is 33.8. The molecule has 2 fully saturated rings. The molecule has 0 unspecified atom stereocenters. The van der Waals surface area contributed by atoms with Gasteiger partial charge in [0.1, 0.15) is 6.10 Å². The normalized spacial score (nSPS) is 24.2. The molecule has 226 valence electrons. The van der Waals surface area contributed by atoms with Gasteiger partial charge in [0.25, 0.3) is 0 Å². The van der Waals surface area contributed by atoms with E-state index < -0.39 is 52.7 Å². The van der Waals surface area contributed by atoms with Gasteiger partial charge >= 0.3 is 6.09 Å². The zero-order valence-corrected chi connectivity index (χ0v) is 24.2. The summed E-state index contributed by atoms with van der Waals surface area (Å²) in [5.74, 6) is -0.559. The van der Waals surface area contributed by atoms with Crippen molar-refractivity contribution in [3.8, 4) is 0 Å². The molecule has 0 bridgehead atoms. The molecule has 0 spiro atoms. The van der Waals surface area contributed by atoms with E-state index in [2.05, 4.69) is 5.32 Å². The van der Waals surface area contributed by atoms with E-state index in [-0.39, 0.29) is 43.5 Å². The smallest absolute Gasteiger partial charge is 0.407 e. The van der Waals surface area contributed by atoms with Crippen molar-refractivity contribution < 1.29 is 42.7 Å². The summed E-state index contributed by atoms with van der Waals surface area (Å²) in [7, 11) is -4.00. The Hall–Kier alpha value is -2.58. The van der Waals surface area contributed by atoms with Gasteiger partial charge in [-0.1, -0.05) is 56.3 Å². The highest BCUT2D eigenvalue weighted by Crippen LogP contribution is 2.33. The van der Waals surface area contributed by atoms with E-state index in [1.54, 1.807) is 12.1 Å². The van der Waals surface area contributed by atoms with Crippen LogP contribution >= 0.6 is 0 Å². The molecule has 11 nitrogen and oxygen atoms in total. The van der Waals surface area contributed by atoms with Gasteiger partial charge in [0.2, 0.25) is 10.0 Å². The number of ether oxygens (including phenoxy) is 3. The first-order chi connectivity index (χ1) is 19.6. The monoisotopic (exact) mass is 592 g/mol. The minimum absolute atomic E-state index is 0.0410. The molecule has 0 saturated carbocycles. The molecule has 2 heterocycles. The number of aliphatic hydroxyl groups excluding tert-OH is 3. The van der Waals surface area contributed by atoms with Gasteiger partial charge in [0.15, 0.2) is 6.29 Å². The van der Waals surface area contributed by atoms with Crippen LogP contribution in [0.2, 0.25) is 0 Å². The van der Waals surface area contributed by atoms with E-state index in [1.165, 1.54) is 16.4 Å². The first-order valence-corrected chi connectivity index (χ1v) is 15.3. The Morgan fingerprint density at radius 3 is 2.44 bits per heavy atom. The summed E-state index contributed by atoms with van der Waals surface area (Å²) in [4.78, 5) is 13.1. The maximum atomic E-state index is 13.6. The second-order valence-corrected chi connectivity index (χ2v) is 12.9. The summed E-state index contributed by atoms with van der Waals surface area (Å²) < 4.78 is 45.1. The lowest BCUT2D eigenvalue weighted by Gasteiger charge is -2.34. The van der Waals surface area contributed by atoms with Crippen molar-refractivity contribution in [2.45, 2.75) is 68.8 Å². The zero-order chi connectivity index (χ0) is 29.6. The number of carbonyl (C=O) groups excluding carboxylic acids is 1. The standard InChI is InChI=1S/C29H40N2O9S/c1-19(2)15-31(41(36,37)22-10-8-21(17-32)9-11-22)16-24(33)23(14-20-6-4-3-5-7-20)30-29(35)40-26-12-13-38-28-27(26)25(34)18-39-28/h3-11,19,23-28,32-34H,12-18H2,1-2H3,(H,30,35)/t23-,24+,25-,26-,27-,28-/m0/s1. The number of nitrogens with zero attached hydrogens (tertiary/aromatic N) is 1. The highest BCUT2D eigenvalue weighted by atomic mass is 32.2. The Labute approximate surface area is 241 Å². The van der Waals surface area contributed by atoms with Crippen molar-refractivity contribution in [1.29, 1.82) is 0 Å². The van der Waals surface area contributed by atoms with Crippen LogP contribution in [-0.2, 0) is 37.3 Å². The highest BCUT2D eigenvalue weighted by molar-refractivity contribution is 7.89. The van der Waals surface area contributed by atoms with Crippen LogP contribution in [0.3, 0.4) is 0 Å². The zero-order valence-electron chi connectivity index (χ0n) is 23.3. The van der Waals surface area contributed by atoms with Crippen molar-refractivity contribution in [2.75, 3.05) is 26.3 Å². The number of alkyl carbamates (subject to hydrolysis) is 1. The molecule has 2 aromatic rings. The summed E-state index contributed by atoms with van der Waals surface area (Å²) >= 11 is 0. The number of rotatable bonds is 12. The van der Waals surface area contributed by atoms with E-state index in [0.29, 0.717) is 18.6 Å². The van der Waals surface area contributed by atoms with E-state index in [4.69, 9.17) is 14.2 Å². The molecule has 2 aromatic carbocycles. The van der Waals surface area contributed by atoms with Gasteiger partial charge in [-0.3, -0.25) is 0 Å². The maximum absolute atomic E-state index is 13.6. The lowest BCUT2D eigenvalue weighted by molar-refractivity contribution is -0.183. The molecule has 2 saturated heterocycles. The first-order valence-electron chi connectivity index (χ1n) is 13.9. The minimum Gasteiger partial charge on any atom is -0.446 e. The minimum atomic E-state index is -4.00. The molecule has 6 atom stereocenters. The number of hydrogen-bond donors (Lipinski definition) is 4. The number of nitrogens with one attached hydrogen (secondary N) is 1. The molecule has 2 aliphatic rings. The Kier molecular flexibility index (Phi) is 10.8. The van der Waals surface area contributed by atoms with Gasteiger partial charge in [-0.05, 0) is 35.6 Å². The summed E-state index contributed by atoms with van der Waals surface area (Å²) in [6, 6.07) is 14.3. The Bertz CT molecular complexity index is 1220. The maximum Gasteiger partial charge on any atom is 0.407 e. The SMILES string of the molecule is CC(C)CN(C[C@@H](O)[C@H](Cc1ccccc1)NC(=O)O[C@H]1CCO[C@H]2OC[C@H](O)[C@H]21)S(=O)(=O)c1ccc(CO)cc1. The number of aliphatic hydroxyl groups is 3. The topological polar surface area (TPSA) is 155 Å². The Balaban J connectivity index is 1.52. The van der Waals surface area contributed by atoms with Crippen molar-refractivity contribution >= 4 is 16.1 Å². The van der Waals surface area contributed by atoms with Crippen LogP contribution < -0.4 is 5.32 Å². The van der Waals surface area contributed by atoms with Crippen LogP contribution in [0.1, 0.15) is 31.4 Å². The third-order valence-corrected chi connectivity index (χ3v) is 9.18. The predicted molar refractivity (Wildman–Crippen MR) is 149 cm³/mol. The van der Waals surface area contributed by atoms with Crippen molar-refractivity contribution in [2.24, 2.45) is 11.8 Å². The van der Waals surface area contributed by atoms with Gasteiger partial charge < -0.3 is 34.8 Å². The van der Waals surface area contributed by atoms with Crippen LogP contribution in [0.4, 0.5) is 4.79 Å². The quantitative estimate of drug-likeness (QED) is 0.288. The van der Waals surface area contributed by atoms with Crippen LogP contribution in [0.5, 0.6) is 0 Å². The predicted octanol–water partition coefficient (Wildman–Crippen LogP) is 1.65. The molecule has 4 N–H and O–H groups in total. The number of benzene rings is 2. The molecular formula is C29H40N2O9S. The van der Waals surface area contributed by atoms with Gasteiger partial charge in [0.05, 0.1) is 48.9 Å². The Morgan fingerprint density at radius 2 is 1.78 bits per heavy atom. The molecule has 4 rings (SSSR count). The van der Waals surface area contributed by atoms with Gasteiger partial charge in [-0.15, -0.1) is 0 Å². The fourth-order valence-electron chi connectivity index (χ4n) is 5.21. The molecule has 0 radical (unpaired) electrons. The van der Waals surface area contributed by atoms with Crippen LogP contribution in [0.25, 0.3) is 0 Å². The van der Waals surface area contributed by atoms with E-state index >= 15 is 0 Å². The molecule has 0 aromatic heterocycles. The first kappa shape index (κ1) is 31.4. The third-order valence-electron chi connectivity index (χ3n) is 7.33. The van der Waals surface area contributed by atoms with Crippen molar-refractivity contribution in [3.63, 3.8) is 0 Å².